The van der Waals surface area contributed by atoms with E-state index in [1.54, 1.807) is 23.0 Å². The van der Waals surface area contributed by atoms with E-state index in [9.17, 15) is 4.39 Å². The molecular weight excluding hydrogens is 275 g/mol. The zero-order valence-electron chi connectivity index (χ0n) is 8.40. The van der Waals surface area contributed by atoms with Gasteiger partial charge in [0, 0.05) is 16.6 Å². The van der Waals surface area contributed by atoms with Crippen LogP contribution in [0.1, 0.15) is 11.3 Å². The van der Waals surface area contributed by atoms with Crippen molar-refractivity contribution in [2.45, 2.75) is 13.1 Å². The molecule has 1 heterocycles. The third-order valence-electron chi connectivity index (χ3n) is 2.14. The Morgan fingerprint density at radius 1 is 1.44 bits per heavy atom. The summed E-state index contributed by atoms with van der Waals surface area (Å²) in [5, 5.41) is 7.69. The van der Waals surface area contributed by atoms with E-state index < -0.39 is 0 Å². The smallest absolute Gasteiger partial charge is 0.128 e. The SMILES string of the molecule is NCc1cn(Cc2cc(Br)ccc2F)nn1. The topological polar surface area (TPSA) is 56.7 Å². The molecule has 6 heteroatoms. The second-order valence-corrected chi connectivity index (χ2v) is 4.26. The van der Waals surface area contributed by atoms with E-state index in [1.807, 2.05) is 0 Å². The summed E-state index contributed by atoms with van der Waals surface area (Å²) >= 11 is 3.30. The molecule has 2 rings (SSSR count). The molecule has 0 aliphatic carbocycles. The number of halogens is 2. The van der Waals surface area contributed by atoms with E-state index in [0.29, 0.717) is 24.3 Å². The molecule has 0 unspecified atom stereocenters. The zero-order valence-corrected chi connectivity index (χ0v) is 9.98. The fraction of sp³-hybridized carbons (Fsp3) is 0.200. The van der Waals surface area contributed by atoms with E-state index in [0.717, 1.165) is 4.47 Å². The number of hydrogen-bond acceptors (Lipinski definition) is 3. The van der Waals surface area contributed by atoms with Crippen LogP contribution in [0.5, 0.6) is 0 Å². The minimum atomic E-state index is -0.256. The van der Waals surface area contributed by atoms with Crippen molar-refractivity contribution < 1.29 is 4.39 Å². The Kier molecular flexibility index (Phi) is 3.31. The summed E-state index contributed by atoms with van der Waals surface area (Å²) in [7, 11) is 0. The maximum atomic E-state index is 13.4. The first-order chi connectivity index (χ1) is 7.69. The predicted octanol–water partition coefficient (Wildman–Crippen LogP) is 1.69. The Labute approximate surface area is 100 Å². The van der Waals surface area contributed by atoms with E-state index >= 15 is 0 Å². The molecule has 0 radical (unpaired) electrons. The maximum Gasteiger partial charge on any atom is 0.128 e. The zero-order chi connectivity index (χ0) is 11.5. The van der Waals surface area contributed by atoms with E-state index in [2.05, 4.69) is 26.2 Å². The van der Waals surface area contributed by atoms with E-state index in [4.69, 9.17) is 5.73 Å². The Hall–Kier alpha value is -1.27. The van der Waals surface area contributed by atoms with Crippen LogP contribution in [-0.2, 0) is 13.1 Å². The number of nitrogens with zero attached hydrogens (tertiary/aromatic N) is 3. The van der Waals surface area contributed by atoms with Crippen LogP contribution in [0.3, 0.4) is 0 Å². The van der Waals surface area contributed by atoms with Crippen molar-refractivity contribution in [3.63, 3.8) is 0 Å². The molecule has 4 nitrogen and oxygen atoms in total. The van der Waals surface area contributed by atoms with Gasteiger partial charge in [0.25, 0.3) is 0 Å². The molecule has 0 atom stereocenters. The Morgan fingerprint density at radius 3 is 2.94 bits per heavy atom. The highest BCUT2D eigenvalue weighted by Gasteiger charge is 2.05. The molecule has 0 aliphatic rings. The molecule has 0 amide bonds. The third-order valence-corrected chi connectivity index (χ3v) is 2.63. The maximum absolute atomic E-state index is 13.4. The van der Waals surface area contributed by atoms with Crippen LogP contribution in [-0.4, -0.2) is 15.0 Å². The van der Waals surface area contributed by atoms with Crippen LogP contribution in [0.15, 0.2) is 28.9 Å². The van der Waals surface area contributed by atoms with Gasteiger partial charge < -0.3 is 5.73 Å². The molecule has 16 heavy (non-hydrogen) atoms. The van der Waals surface area contributed by atoms with Gasteiger partial charge in [-0.05, 0) is 18.2 Å². The van der Waals surface area contributed by atoms with Gasteiger partial charge >= 0.3 is 0 Å². The Balaban J connectivity index is 2.22. The van der Waals surface area contributed by atoms with Crippen LogP contribution in [0.25, 0.3) is 0 Å². The van der Waals surface area contributed by atoms with Gasteiger partial charge in [-0.15, -0.1) is 5.10 Å². The molecule has 2 aromatic rings. The predicted molar refractivity (Wildman–Crippen MR) is 61.1 cm³/mol. The van der Waals surface area contributed by atoms with Crippen LogP contribution in [0, 0.1) is 5.82 Å². The number of aromatic nitrogens is 3. The lowest BCUT2D eigenvalue weighted by molar-refractivity contribution is 0.576. The molecule has 0 saturated heterocycles. The van der Waals surface area contributed by atoms with Gasteiger partial charge in [0.15, 0.2) is 0 Å². The van der Waals surface area contributed by atoms with Crippen LogP contribution in [0.4, 0.5) is 4.39 Å². The normalized spacial score (nSPS) is 10.7. The molecule has 0 fully saturated rings. The third kappa shape index (κ3) is 2.45. The largest absolute Gasteiger partial charge is 0.325 e. The van der Waals surface area contributed by atoms with Crippen molar-refractivity contribution in [3.8, 4) is 0 Å². The minimum absolute atomic E-state index is 0.256. The van der Waals surface area contributed by atoms with Crippen molar-refractivity contribution in [1.82, 2.24) is 15.0 Å². The molecular formula is C10H10BrFN4. The first-order valence-corrected chi connectivity index (χ1v) is 5.51. The highest BCUT2D eigenvalue weighted by atomic mass is 79.9. The van der Waals surface area contributed by atoms with E-state index in [1.165, 1.54) is 6.07 Å². The second kappa shape index (κ2) is 4.71. The average molecular weight is 285 g/mol. The molecule has 0 spiro atoms. The second-order valence-electron chi connectivity index (χ2n) is 3.35. The summed E-state index contributed by atoms with van der Waals surface area (Å²) in [5.41, 5.74) is 6.66. The van der Waals surface area contributed by atoms with Gasteiger partial charge in [0.2, 0.25) is 0 Å². The summed E-state index contributed by atoms with van der Waals surface area (Å²) in [6.45, 7) is 0.680. The molecule has 0 bridgehead atoms. The summed E-state index contributed by atoms with van der Waals surface area (Å²) < 4.78 is 15.8. The Morgan fingerprint density at radius 2 is 2.25 bits per heavy atom. The summed E-state index contributed by atoms with van der Waals surface area (Å²) in [6.07, 6.45) is 1.71. The number of rotatable bonds is 3. The lowest BCUT2D eigenvalue weighted by Crippen LogP contribution is -2.02. The Bertz CT molecular complexity index is 497. The molecule has 1 aromatic carbocycles. The highest BCUT2D eigenvalue weighted by molar-refractivity contribution is 9.10. The monoisotopic (exact) mass is 284 g/mol. The van der Waals surface area contributed by atoms with Crippen molar-refractivity contribution in [2.75, 3.05) is 0 Å². The lowest BCUT2D eigenvalue weighted by atomic mass is 10.2. The van der Waals surface area contributed by atoms with Crippen molar-refractivity contribution in [1.29, 1.82) is 0 Å². The van der Waals surface area contributed by atoms with Crippen molar-refractivity contribution in [2.24, 2.45) is 5.73 Å². The summed E-state index contributed by atoms with van der Waals surface area (Å²) in [5.74, 6) is -0.256. The summed E-state index contributed by atoms with van der Waals surface area (Å²) in [6, 6.07) is 4.80. The first-order valence-electron chi connectivity index (χ1n) is 4.72. The standard InChI is InChI=1S/C10H10BrFN4/c11-8-1-2-10(12)7(3-8)5-16-6-9(4-13)14-15-16/h1-3,6H,4-5,13H2. The van der Waals surface area contributed by atoms with Gasteiger partial charge in [-0.3, -0.25) is 0 Å². The lowest BCUT2D eigenvalue weighted by Gasteiger charge is -2.03. The van der Waals surface area contributed by atoms with Crippen LogP contribution >= 0.6 is 15.9 Å². The average Bonchev–Trinajstić information content (AvgIpc) is 2.71. The van der Waals surface area contributed by atoms with Crippen molar-refractivity contribution >= 4 is 15.9 Å². The van der Waals surface area contributed by atoms with Gasteiger partial charge in [0.05, 0.1) is 18.4 Å². The molecule has 2 N–H and O–H groups in total. The van der Waals surface area contributed by atoms with Crippen molar-refractivity contribution in [3.05, 3.63) is 45.9 Å². The molecule has 1 aromatic heterocycles. The quantitative estimate of drug-likeness (QED) is 0.933. The van der Waals surface area contributed by atoms with Gasteiger partial charge in [-0.25, -0.2) is 9.07 Å². The number of hydrogen-bond donors (Lipinski definition) is 1. The van der Waals surface area contributed by atoms with Crippen LogP contribution in [0.2, 0.25) is 0 Å². The highest BCUT2D eigenvalue weighted by Crippen LogP contribution is 2.16. The van der Waals surface area contributed by atoms with Gasteiger partial charge in [-0.1, -0.05) is 21.1 Å². The first kappa shape index (κ1) is 11.2. The molecule has 0 saturated carbocycles. The van der Waals surface area contributed by atoms with Gasteiger partial charge in [0.1, 0.15) is 5.82 Å². The van der Waals surface area contributed by atoms with E-state index in [-0.39, 0.29) is 5.82 Å². The minimum Gasteiger partial charge on any atom is -0.325 e. The fourth-order valence-corrected chi connectivity index (χ4v) is 1.76. The fourth-order valence-electron chi connectivity index (χ4n) is 1.35. The number of nitrogens with two attached hydrogens (primary N) is 1. The number of benzene rings is 1. The molecule has 0 aliphatic heterocycles. The summed E-state index contributed by atoms with van der Waals surface area (Å²) in [4.78, 5) is 0. The molecule has 84 valence electrons. The van der Waals surface area contributed by atoms with Crippen LogP contribution < -0.4 is 5.73 Å². The van der Waals surface area contributed by atoms with Gasteiger partial charge in [-0.2, -0.15) is 0 Å².